The van der Waals surface area contributed by atoms with Crippen LogP contribution in [-0.2, 0) is 24.3 Å². The monoisotopic (exact) mass is 472 g/mol. The minimum Gasteiger partial charge on any atom is -0.452 e. The van der Waals surface area contributed by atoms with Crippen LogP contribution < -0.4 is 5.32 Å². The molecule has 2 aromatic carbocycles. The molecule has 1 saturated heterocycles. The van der Waals surface area contributed by atoms with Gasteiger partial charge in [-0.05, 0) is 30.3 Å². The first-order valence-electron chi connectivity index (χ1n) is 8.88. The summed E-state index contributed by atoms with van der Waals surface area (Å²) in [7, 11) is -3.76. The summed E-state index contributed by atoms with van der Waals surface area (Å²) in [6, 6.07) is 10.3. The van der Waals surface area contributed by atoms with Crippen LogP contribution in [0.4, 0.5) is 5.69 Å². The van der Waals surface area contributed by atoms with Crippen molar-refractivity contribution in [1.29, 1.82) is 0 Å². The van der Waals surface area contributed by atoms with Gasteiger partial charge in [0, 0.05) is 13.1 Å². The molecule has 11 heteroatoms. The molecule has 30 heavy (non-hydrogen) atoms. The van der Waals surface area contributed by atoms with Crippen LogP contribution in [0.5, 0.6) is 0 Å². The summed E-state index contributed by atoms with van der Waals surface area (Å²) in [6.45, 7) is 0.510. The third-order valence-electron chi connectivity index (χ3n) is 4.25. The van der Waals surface area contributed by atoms with Crippen molar-refractivity contribution in [1.82, 2.24) is 4.31 Å². The van der Waals surface area contributed by atoms with Crippen LogP contribution in [0, 0.1) is 0 Å². The summed E-state index contributed by atoms with van der Waals surface area (Å²) in [5.74, 6) is -1.44. The van der Waals surface area contributed by atoms with E-state index in [0.29, 0.717) is 13.2 Å². The summed E-state index contributed by atoms with van der Waals surface area (Å²) in [4.78, 5) is 24.2. The van der Waals surface area contributed by atoms with Gasteiger partial charge in [0.15, 0.2) is 6.61 Å². The SMILES string of the molecule is O=C(COC(=O)c1ccccc1Cl)Nc1cc(S(=O)(=O)N2CCOCC2)ccc1Cl. The van der Waals surface area contributed by atoms with Gasteiger partial charge in [-0.3, -0.25) is 4.79 Å². The molecule has 1 fully saturated rings. The Morgan fingerprint density at radius 2 is 1.77 bits per heavy atom. The van der Waals surface area contributed by atoms with Crippen molar-refractivity contribution in [3.05, 3.63) is 58.1 Å². The van der Waals surface area contributed by atoms with Gasteiger partial charge in [0.1, 0.15) is 0 Å². The Labute approximate surface area is 183 Å². The van der Waals surface area contributed by atoms with Crippen molar-refractivity contribution in [3.63, 3.8) is 0 Å². The maximum Gasteiger partial charge on any atom is 0.340 e. The molecule has 3 rings (SSSR count). The quantitative estimate of drug-likeness (QED) is 0.648. The minimum absolute atomic E-state index is 0.0165. The highest BCUT2D eigenvalue weighted by atomic mass is 35.5. The lowest BCUT2D eigenvalue weighted by atomic mass is 10.2. The standard InChI is InChI=1S/C19H18Cl2N2O6S/c20-15-4-2-1-3-14(15)19(25)29-12-18(24)22-17-11-13(5-6-16(17)21)30(26,27)23-7-9-28-10-8-23/h1-6,11H,7-10,12H2,(H,22,24). The third kappa shape index (κ3) is 5.30. The number of benzene rings is 2. The topological polar surface area (TPSA) is 102 Å². The van der Waals surface area contributed by atoms with Crippen molar-refractivity contribution in [3.8, 4) is 0 Å². The maximum atomic E-state index is 12.8. The Hall–Kier alpha value is -2.17. The van der Waals surface area contributed by atoms with E-state index >= 15 is 0 Å². The molecule has 0 aliphatic carbocycles. The van der Waals surface area contributed by atoms with Crippen LogP contribution >= 0.6 is 23.2 Å². The molecule has 1 N–H and O–H groups in total. The fraction of sp³-hybridized carbons (Fsp3) is 0.263. The van der Waals surface area contributed by atoms with Crippen LogP contribution in [0.3, 0.4) is 0 Å². The maximum absolute atomic E-state index is 12.8. The number of nitrogens with one attached hydrogen (secondary N) is 1. The Bertz CT molecular complexity index is 1050. The Kier molecular flexibility index (Phi) is 7.32. The molecule has 0 spiro atoms. The van der Waals surface area contributed by atoms with E-state index in [9.17, 15) is 18.0 Å². The zero-order valence-corrected chi connectivity index (χ0v) is 18.0. The lowest BCUT2D eigenvalue weighted by molar-refractivity contribution is -0.119. The van der Waals surface area contributed by atoms with Gasteiger partial charge in [0.2, 0.25) is 10.0 Å². The van der Waals surface area contributed by atoms with E-state index in [1.807, 2.05) is 0 Å². The van der Waals surface area contributed by atoms with Gasteiger partial charge < -0.3 is 14.8 Å². The van der Waals surface area contributed by atoms with E-state index < -0.39 is 28.5 Å². The van der Waals surface area contributed by atoms with Crippen molar-refractivity contribution in [2.75, 3.05) is 38.2 Å². The molecule has 1 aliphatic rings. The number of ether oxygens (including phenoxy) is 2. The molecule has 0 aromatic heterocycles. The van der Waals surface area contributed by atoms with Crippen LogP contribution in [0.2, 0.25) is 10.0 Å². The van der Waals surface area contributed by atoms with E-state index in [4.69, 9.17) is 32.7 Å². The minimum atomic E-state index is -3.76. The van der Waals surface area contributed by atoms with Gasteiger partial charge in [-0.1, -0.05) is 35.3 Å². The largest absolute Gasteiger partial charge is 0.452 e. The highest BCUT2D eigenvalue weighted by Crippen LogP contribution is 2.27. The molecule has 2 aromatic rings. The number of morpholine rings is 1. The molecule has 0 atom stereocenters. The summed E-state index contributed by atoms with van der Waals surface area (Å²) in [5.41, 5.74) is 0.216. The summed E-state index contributed by atoms with van der Waals surface area (Å²) in [5, 5.41) is 2.80. The summed E-state index contributed by atoms with van der Waals surface area (Å²) < 4.78 is 37.0. The number of anilines is 1. The molecule has 1 heterocycles. The van der Waals surface area contributed by atoms with Gasteiger partial charge in [0.25, 0.3) is 5.91 Å². The first kappa shape index (κ1) is 22.5. The first-order chi connectivity index (χ1) is 14.3. The normalized spacial score (nSPS) is 14.9. The molecular weight excluding hydrogens is 455 g/mol. The van der Waals surface area contributed by atoms with Gasteiger partial charge in [-0.2, -0.15) is 4.31 Å². The van der Waals surface area contributed by atoms with E-state index in [0.717, 1.165) is 0 Å². The fourth-order valence-electron chi connectivity index (χ4n) is 2.72. The molecule has 0 unspecified atom stereocenters. The fourth-order valence-corrected chi connectivity index (χ4v) is 4.53. The lowest BCUT2D eigenvalue weighted by Crippen LogP contribution is -2.40. The number of amides is 1. The molecule has 0 radical (unpaired) electrons. The summed E-state index contributed by atoms with van der Waals surface area (Å²) >= 11 is 12.0. The molecule has 0 bridgehead atoms. The van der Waals surface area contributed by atoms with Gasteiger partial charge in [-0.15, -0.1) is 0 Å². The number of carbonyl (C=O) groups is 2. The van der Waals surface area contributed by atoms with Crippen LogP contribution in [0.25, 0.3) is 0 Å². The molecule has 1 aliphatic heterocycles. The van der Waals surface area contributed by atoms with Gasteiger partial charge >= 0.3 is 5.97 Å². The van der Waals surface area contributed by atoms with E-state index in [-0.39, 0.29) is 39.3 Å². The van der Waals surface area contributed by atoms with E-state index in [2.05, 4.69) is 5.32 Å². The second-order valence-electron chi connectivity index (χ2n) is 6.26. The zero-order chi connectivity index (χ0) is 21.7. The van der Waals surface area contributed by atoms with Crippen molar-refractivity contribution in [2.24, 2.45) is 0 Å². The number of hydrogen-bond acceptors (Lipinski definition) is 6. The predicted octanol–water partition coefficient (Wildman–Crippen LogP) is 2.81. The van der Waals surface area contributed by atoms with Crippen LogP contribution in [0.15, 0.2) is 47.4 Å². The van der Waals surface area contributed by atoms with Crippen LogP contribution in [0.1, 0.15) is 10.4 Å². The van der Waals surface area contributed by atoms with Crippen LogP contribution in [-0.4, -0.2) is 57.5 Å². The van der Waals surface area contributed by atoms with Gasteiger partial charge in [0.05, 0.1) is 39.4 Å². The van der Waals surface area contributed by atoms with Crippen molar-refractivity contribution < 1.29 is 27.5 Å². The second kappa shape index (κ2) is 9.76. The predicted molar refractivity (Wildman–Crippen MR) is 111 cm³/mol. The number of esters is 1. The molecule has 8 nitrogen and oxygen atoms in total. The third-order valence-corrected chi connectivity index (χ3v) is 6.80. The number of sulfonamides is 1. The van der Waals surface area contributed by atoms with Crippen molar-refractivity contribution >= 4 is 50.8 Å². The average Bonchev–Trinajstić information content (AvgIpc) is 2.74. The number of hydrogen-bond donors (Lipinski definition) is 1. The molecule has 160 valence electrons. The Morgan fingerprint density at radius 1 is 1.07 bits per heavy atom. The number of carbonyl (C=O) groups excluding carboxylic acids is 2. The summed E-state index contributed by atoms with van der Waals surface area (Å²) in [6.07, 6.45) is 0. The number of halogens is 2. The zero-order valence-electron chi connectivity index (χ0n) is 15.6. The first-order valence-corrected chi connectivity index (χ1v) is 11.1. The highest BCUT2D eigenvalue weighted by Gasteiger charge is 2.27. The molecule has 0 saturated carbocycles. The van der Waals surface area contributed by atoms with Gasteiger partial charge in [-0.25, -0.2) is 13.2 Å². The number of rotatable bonds is 6. The Morgan fingerprint density at radius 3 is 2.47 bits per heavy atom. The molecule has 1 amide bonds. The van der Waals surface area contributed by atoms with E-state index in [1.165, 1.54) is 34.6 Å². The highest BCUT2D eigenvalue weighted by molar-refractivity contribution is 7.89. The molecular formula is C19H18Cl2N2O6S. The van der Waals surface area contributed by atoms with Crippen molar-refractivity contribution in [2.45, 2.75) is 4.90 Å². The second-order valence-corrected chi connectivity index (χ2v) is 9.01. The Balaban J connectivity index is 1.67. The van der Waals surface area contributed by atoms with E-state index in [1.54, 1.807) is 12.1 Å². The lowest BCUT2D eigenvalue weighted by Gasteiger charge is -2.26. The smallest absolute Gasteiger partial charge is 0.340 e. The average molecular weight is 473 g/mol. The number of nitrogens with zero attached hydrogens (tertiary/aromatic N) is 1.